The lowest BCUT2D eigenvalue weighted by Gasteiger charge is -2.14. The van der Waals surface area contributed by atoms with Crippen molar-refractivity contribution in [1.82, 2.24) is 25.5 Å². The minimum absolute atomic E-state index is 0.111. The van der Waals surface area contributed by atoms with Gasteiger partial charge in [0.25, 0.3) is 0 Å². The van der Waals surface area contributed by atoms with Gasteiger partial charge in [0.15, 0.2) is 5.82 Å². The molecule has 0 fully saturated rings. The number of amides is 1. The van der Waals surface area contributed by atoms with Crippen LogP contribution >= 0.6 is 27.5 Å². The molecule has 0 spiro atoms. The smallest absolute Gasteiger partial charge is 0.224 e. The van der Waals surface area contributed by atoms with Gasteiger partial charge in [-0.15, -0.1) is 5.10 Å². The van der Waals surface area contributed by atoms with Crippen LogP contribution in [0.3, 0.4) is 0 Å². The summed E-state index contributed by atoms with van der Waals surface area (Å²) in [5, 5.41) is 15.4. The Morgan fingerprint density at radius 3 is 2.56 bits per heavy atom. The fourth-order valence-electron chi connectivity index (χ4n) is 2.37. The number of hydrogen-bond acceptors (Lipinski definition) is 4. The van der Waals surface area contributed by atoms with Gasteiger partial charge < -0.3 is 5.32 Å². The minimum Gasteiger partial charge on any atom is -0.346 e. The molecule has 0 saturated carbocycles. The molecule has 1 atom stereocenters. The maximum Gasteiger partial charge on any atom is 0.224 e. The summed E-state index contributed by atoms with van der Waals surface area (Å²) in [6, 6.07) is 14.5. The summed E-state index contributed by atoms with van der Waals surface area (Å²) in [5.41, 5.74) is 1.71. The number of halogens is 2. The van der Waals surface area contributed by atoms with Crippen molar-refractivity contribution in [2.45, 2.75) is 19.4 Å². The molecule has 2 aromatic carbocycles. The van der Waals surface area contributed by atoms with Gasteiger partial charge in [0, 0.05) is 9.50 Å². The Labute approximate surface area is 158 Å². The van der Waals surface area contributed by atoms with Gasteiger partial charge in [0.2, 0.25) is 5.91 Å². The second-order valence-electron chi connectivity index (χ2n) is 5.52. The predicted octanol–water partition coefficient (Wildman–Crippen LogP) is 3.50. The molecule has 0 aliphatic carbocycles. The molecule has 8 heteroatoms. The summed E-state index contributed by atoms with van der Waals surface area (Å²) in [7, 11) is 0. The van der Waals surface area contributed by atoms with E-state index in [1.165, 1.54) is 0 Å². The molecule has 0 bridgehead atoms. The Morgan fingerprint density at radius 2 is 1.88 bits per heavy atom. The molecule has 0 aliphatic heterocycles. The molecule has 25 heavy (non-hydrogen) atoms. The summed E-state index contributed by atoms with van der Waals surface area (Å²) >= 11 is 9.26. The van der Waals surface area contributed by atoms with Crippen LogP contribution in [0.25, 0.3) is 5.69 Å². The van der Waals surface area contributed by atoms with Crippen LogP contribution in [-0.4, -0.2) is 26.1 Å². The molecule has 1 heterocycles. The van der Waals surface area contributed by atoms with Gasteiger partial charge in [-0.2, -0.15) is 4.68 Å². The summed E-state index contributed by atoms with van der Waals surface area (Å²) < 4.78 is 2.58. The Hall–Kier alpha value is -2.25. The van der Waals surface area contributed by atoms with E-state index in [4.69, 9.17) is 11.6 Å². The maximum absolute atomic E-state index is 12.3. The molecule has 1 aromatic heterocycles. The summed E-state index contributed by atoms with van der Waals surface area (Å²) in [6.45, 7) is 1.85. The molecular formula is C17H15BrClN5O. The highest BCUT2D eigenvalue weighted by Gasteiger charge is 2.18. The summed E-state index contributed by atoms with van der Waals surface area (Å²) in [6.07, 6.45) is 0.265. The average Bonchev–Trinajstić information content (AvgIpc) is 3.07. The van der Waals surface area contributed by atoms with E-state index in [2.05, 4.69) is 36.8 Å². The number of carbonyl (C=O) groups excluding carboxylic acids is 1. The zero-order valence-electron chi connectivity index (χ0n) is 13.4. The van der Waals surface area contributed by atoms with E-state index in [0.29, 0.717) is 10.8 Å². The van der Waals surface area contributed by atoms with Crippen molar-refractivity contribution in [2.75, 3.05) is 0 Å². The molecule has 128 valence electrons. The number of hydrogen-bond donors (Lipinski definition) is 1. The van der Waals surface area contributed by atoms with Gasteiger partial charge >= 0.3 is 0 Å². The number of aromatic nitrogens is 4. The van der Waals surface area contributed by atoms with Crippen molar-refractivity contribution in [1.29, 1.82) is 0 Å². The Morgan fingerprint density at radius 1 is 1.20 bits per heavy atom. The van der Waals surface area contributed by atoms with Crippen molar-refractivity contribution in [3.63, 3.8) is 0 Å². The van der Waals surface area contributed by atoms with Crippen LogP contribution in [0.15, 0.2) is 53.0 Å². The molecular weight excluding hydrogens is 406 g/mol. The third-order valence-electron chi connectivity index (χ3n) is 3.61. The first-order valence-corrected chi connectivity index (χ1v) is 8.78. The number of nitrogens with one attached hydrogen (secondary N) is 1. The first-order valence-electron chi connectivity index (χ1n) is 7.61. The van der Waals surface area contributed by atoms with E-state index >= 15 is 0 Å². The second-order valence-corrected chi connectivity index (χ2v) is 6.87. The zero-order valence-corrected chi connectivity index (χ0v) is 15.7. The SMILES string of the molecule is CC(NC(=O)Cc1ccc(Cl)cc1)c1nnnn1-c1ccc(Br)cc1. The topological polar surface area (TPSA) is 72.7 Å². The molecule has 3 rings (SSSR count). The Kier molecular flexibility index (Phi) is 5.45. The Bertz CT molecular complexity index is 864. The molecule has 3 aromatic rings. The van der Waals surface area contributed by atoms with Crippen LogP contribution in [-0.2, 0) is 11.2 Å². The van der Waals surface area contributed by atoms with Crippen molar-refractivity contribution in [3.8, 4) is 5.69 Å². The highest BCUT2D eigenvalue weighted by Crippen LogP contribution is 2.17. The highest BCUT2D eigenvalue weighted by atomic mass is 79.9. The molecule has 0 radical (unpaired) electrons. The number of nitrogens with zero attached hydrogens (tertiary/aromatic N) is 4. The first-order chi connectivity index (χ1) is 12.0. The van der Waals surface area contributed by atoms with E-state index < -0.39 is 0 Å². The number of tetrazole rings is 1. The minimum atomic E-state index is -0.335. The van der Waals surface area contributed by atoms with E-state index in [9.17, 15) is 4.79 Å². The van der Waals surface area contributed by atoms with Crippen molar-refractivity contribution < 1.29 is 4.79 Å². The predicted molar refractivity (Wildman–Crippen MR) is 98.6 cm³/mol. The van der Waals surface area contributed by atoms with Gasteiger partial charge in [-0.25, -0.2) is 0 Å². The summed E-state index contributed by atoms with van der Waals surface area (Å²) in [5.74, 6) is 0.451. The van der Waals surface area contributed by atoms with Gasteiger partial charge in [-0.1, -0.05) is 39.7 Å². The van der Waals surface area contributed by atoms with Gasteiger partial charge in [0.05, 0.1) is 18.2 Å². The summed E-state index contributed by atoms with van der Waals surface area (Å²) in [4.78, 5) is 12.3. The van der Waals surface area contributed by atoms with Crippen LogP contribution in [0.4, 0.5) is 0 Å². The second kappa shape index (κ2) is 7.76. The van der Waals surface area contributed by atoms with Crippen LogP contribution in [0.5, 0.6) is 0 Å². The lowest BCUT2D eigenvalue weighted by molar-refractivity contribution is -0.121. The lowest BCUT2D eigenvalue weighted by atomic mass is 10.1. The lowest BCUT2D eigenvalue weighted by Crippen LogP contribution is -2.30. The van der Waals surface area contributed by atoms with Crippen molar-refractivity contribution >= 4 is 33.4 Å². The van der Waals surface area contributed by atoms with Crippen LogP contribution < -0.4 is 5.32 Å². The van der Waals surface area contributed by atoms with E-state index in [1.54, 1.807) is 16.8 Å². The fourth-order valence-corrected chi connectivity index (χ4v) is 2.77. The quantitative estimate of drug-likeness (QED) is 0.686. The third kappa shape index (κ3) is 4.43. The number of benzene rings is 2. The van der Waals surface area contributed by atoms with Crippen molar-refractivity contribution in [2.24, 2.45) is 0 Å². The molecule has 0 aliphatic rings. The highest BCUT2D eigenvalue weighted by molar-refractivity contribution is 9.10. The van der Waals surface area contributed by atoms with Crippen molar-refractivity contribution in [3.05, 3.63) is 69.4 Å². The Balaban J connectivity index is 1.70. The van der Waals surface area contributed by atoms with Crippen LogP contribution in [0.1, 0.15) is 24.4 Å². The van der Waals surface area contributed by atoms with Crippen LogP contribution in [0.2, 0.25) is 5.02 Å². The monoisotopic (exact) mass is 419 g/mol. The van der Waals surface area contributed by atoms with Crippen LogP contribution in [0, 0.1) is 0 Å². The van der Waals surface area contributed by atoms with E-state index in [-0.39, 0.29) is 18.4 Å². The van der Waals surface area contributed by atoms with E-state index in [0.717, 1.165) is 15.7 Å². The van der Waals surface area contributed by atoms with Gasteiger partial charge in [-0.05, 0) is 59.3 Å². The zero-order chi connectivity index (χ0) is 17.8. The normalized spacial score (nSPS) is 12.0. The maximum atomic E-state index is 12.3. The molecule has 1 N–H and O–H groups in total. The fraction of sp³-hybridized carbons (Fsp3) is 0.176. The van der Waals surface area contributed by atoms with Gasteiger partial charge in [0.1, 0.15) is 0 Å². The number of rotatable bonds is 5. The number of carbonyl (C=O) groups is 1. The standard InChI is InChI=1S/C17H15BrClN5O/c1-11(20-16(25)10-12-2-6-14(19)7-3-12)17-21-22-23-24(17)15-8-4-13(18)5-9-15/h2-9,11H,10H2,1H3,(H,20,25). The third-order valence-corrected chi connectivity index (χ3v) is 4.39. The van der Waals surface area contributed by atoms with Gasteiger partial charge in [-0.3, -0.25) is 4.79 Å². The molecule has 1 unspecified atom stereocenters. The average molecular weight is 421 g/mol. The largest absolute Gasteiger partial charge is 0.346 e. The van der Waals surface area contributed by atoms with E-state index in [1.807, 2.05) is 43.3 Å². The first kappa shape index (κ1) is 17.6. The molecule has 0 saturated heterocycles. The molecule has 6 nitrogen and oxygen atoms in total. The molecule has 1 amide bonds.